The van der Waals surface area contributed by atoms with Crippen LogP contribution in [0.3, 0.4) is 0 Å². The molecule has 0 saturated carbocycles. The molecule has 0 aromatic heterocycles. The quantitative estimate of drug-likeness (QED) is 0.684. The summed E-state index contributed by atoms with van der Waals surface area (Å²) in [6.07, 6.45) is -1.04. The van der Waals surface area contributed by atoms with E-state index >= 15 is 0 Å². The standard InChI is InChI=1S/C16H24N2O2/c1-15(2,3)17-11-18(14(19)20,16(4,5)6)13-10-8-7-9-12(13)17/h7-10H,11H2,1-6H3. The summed E-state index contributed by atoms with van der Waals surface area (Å²) in [6.45, 7) is 12.5. The van der Waals surface area contributed by atoms with Crippen LogP contribution in [-0.2, 0) is 0 Å². The van der Waals surface area contributed by atoms with Crippen molar-refractivity contribution in [3.8, 4) is 0 Å². The van der Waals surface area contributed by atoms with Gasteiger partial charge >= 0.3 is 0 Å². The lowest BCUT2D eigenvalue weighted by atomic mass is 10.0. The number of carbonyl (C=O) groups is 1. The van der Waals surface area contributed by atoms with E-state index in [1.165, 1.54) is 0 Å². The second-order valence-corrected chi connectivity index (χ2v) is 7.48. The number of anilines is 1. The molecule has 0 aliphatic carbocycles. The number of fused-ring (bicyclic) bond motifs is 1. The molecule has 1 aromatic carbocycles. The molecule has 2 rings (SSSR count). The Balaban J connectivity index is 2.73. The fourth-order valence-electron chi connectivity index (χ4n) is 2.96. The molecule has 0 bridgehead atoms. The summed E-state index contributed by atoms with van der Waals surface area (Å²) in [6, 6.07) is 7.75. The average Bonchev–Trinajstić information content (AvgIpc) is 2.63. The van der Waals surface area contributed by atoms with Crippen molar-refractivity contribution in [2.75, 3.05) is 11.6 Å². The number of para-hydroxylation sites is 2. The number of rotatable bonds is 0. The molecule has 1 aliphatic heterocycles. The van der Waals surface area contributed by atoms with Crippen molar-refractivity contribution in [1.29, 1.82) is 0 Å². The van der Waals surface area contributed by atoms with Gasteiger partial charge in [0.15, 0.2) is 12.4 Å². The van der Waals surface area contributed by atoms with Gasteiger partial charge in [0.1, 0.15) is 11.2 Å². The van der Waals surface area contributed by atoms with Crippen LogP contribution in [0.4, 0.5) is 16.2 Å². The number of amides is 1. The SMILES string of the molecule is CC(C)(C)N1C[N+](C(=O)[O-])(C(C)(C)C)c2ccccc21. The zero-order chi connectivity index (χ0) is 15.3. The lowest BCUT2D eigenvalue weighted by molar-refractivity contribution is -0.268. The van der Waals surface area contributed by atoms with Crippen molar-refractivity contribution in [2.24, 2.45) is 0 Å². The summed E-state index contributed by atoms with van der Waals surface area (Å²) < 4.78 is -0.166. The van der Waals surface area contributed by atoms with Crippen molar-refractivity contribution in [2.45, 2.75) is 52.6 Å². The van der Waals surface area contributed by atoms with E-state index in [0.29, 0.717) is 6.67 Å². The van der Waals surface area contributed by atoms with Crippen LogP contribution in [0.5, 0.6) is 0 Å². The highest BCUT2D eigenvalue weighted by Crippen LogP contribution is 2.48. The molecule has 110 valence electrons. The van der Waals surface area contributed by atoms with Crippen molar-refractivity contribution < 1.29 is 9.90 Å². The van der Waals surface area contributed by atoms with Crippen molar-refractivity contribution in [3.05, 3.63) is 24.3 Å². The van der Waals surface area contributed by atoms with E-state index in [4.69, 9.17) is 0 Å². The molecular formula is C16H24N2O2. The summed E-state index contributed by atoms with van der Waals surface area (Å²) in [5, 5.41) is 12.0. The molecule has 20 heavy (non-hydrogen) atoms. The van der Waals surface area contributed by atoms with Crippen molar-refractivity contribution in [3.63, 3.8) is 0 Å². The third kappa shape index (κ3) is 1.90. The second kappa shape index (κ2) is 4.22. The third-order valence-electron chi connectivity index (χ3n) is 4.20. The molecule has 1 heterocycles. The molecule has 4 heteroatoms. The lowest BCUT2D eigenvalue weighted by Gasteiger charge is -2.45. The Hall–Kier alpha value is -1.55. The van der Waals surface area contributed by atoms with Gasteiger partial charge in [-0.3, -0.25) is 0 Å². The molecule has 0 spiro atoms. The maximum absolute atomic E-state index is 12.0. The van der Waals surface area contributed by atoms with Crippen LogP contribution in [0.25, 0.3) is 0 Å². The van der Waals surface area contributed by atoms with E-state index in [1.807, 2.05) is 45.0 Å². The van der Waals surface area contributed by atoms with Crippen LogP contribution >= 0.6 is 0 Å². The number of benzene rings is 1. The van der Waals surface area contributed by atoms with E-state index in [0.717, 1.165) is 11.4 Å². The van der Waals surface area contributed by atoms with Gasteiger partial charge in [-0.2, -0.15) is 0 Å². The molecule has 0 fully saturated rings. The highest BCUT2D eigenvalue weighted by molar-refractivity contribution is 5.90. The van der Waals surface area contributed by atoms with Crippen LogP contribution in [0.1, 0.15) is 41.5 Å². The van der Waals surface area contributed by atoms with E-state index in [9.17, 15) is 9.90 Å². The Morgan fingerprint density at radius 3 is 2.15 bits per heavy atom. The number of carbonyl (C=O) groups excluding carboxylic acids is 1. The minimum Gasteiger partial charge on any atom is -0.498 e. The topological polar surface area (TPSA) is 43.4 Å². The molecule has 1 aliphatic rings. The van der Waals surface area contributed by atoms with Gasteiger partial charge in [0.2, 0.25) is 0 Å². The maximum atomic E-state index is 12.0. The molecule has 4 nitrogen and oxygen atoms in total. The fraction of sp³-hybridized carbons (Fsp3) is 0.562. The fourth-order valence-corrected chi connectivity index (χ4v) is 2.96. The molecule has 1 atom stereocenters. The Labute approximate surface area is 121 Å². The molecule has 1 aromatic rings. The molecule has 1 amide bonds. The monoisotopic (exact) mass is 276 g/mol. The van der Waals surface area contributed by atoms with Crippen LogP contribution in [0.2, 0.25) is 0 Å². The summed E-state index contributed by atoms with van der Waals surface area (Å²) in [5.74, 6) is 0. The highest BCUT2D eigenvalue weighted by atomic mass is 16.4. The van der Waals surface area contributed by atoms with Gasteiger partial charge in [0.05, 0.1) is 0 Å². The van der Waals surface area contributed by atoms with Crippen molar-refractivity contribution >= 4 is 17.5 Å². The Kier molecular flexibility index (Phi) is 3.13. The van der Waals surface area contributed by atoms with Gasteiger partial charge in [-0.1, -0.05) is 12.1 Å². The minimum atomic E-state index is -1.04. The molecule has 1 unspecified atom stereocenters. The predicted molar refractivity (Wildman–Crippen MR) is 80.5 cm³/mol. The first-order valence-electron chi connectivity index (χ1n) is 6.99. The first kappa shape index (κ1) is 14.9. The number of nitrogens with zero attached hydrogens (tertiary/aromatic N) is 2. The summed E-state index contributed by atoms with van der Waals surface area (Å²) in [4.78, 5) is 14.2. The summed E-state index contributed by atoms with van der Waals surface area (Å²) in [7, 11) is 0. The van der Waals surface area contributed by atoms with Crippen LogP contribution in [0.15, 0.2) is 24.3 Å². The minimum absolute atomic E-state index is 0.142. The van der Waals surface area contributed by atoms with Gasteiger partial charge < -0.3 is 14.8 Å². The van der Waals surface area contributed by atoms with E-state index in [-0.39, 0.29) is 10.0 Å². The normalized spacial score (nSPS) is 22.8. The molecule has 0 radical (unpaired) electrons. The average molecular weight is 276 g/mol. The number of quaternary nitrogens is 1. The molecule has 0 N–H and O–H groups in total. The lowest BCUT2D eigenvalue weighted by Crippen LogP contribution is -2.70. The van der Waals surface area contributed by atoms with E-state index in [2.05, 4.69) is 25.7 Å². The van der Waals surface area contributed by atoms with Gasteiger partial charge in [-0.05, 0) is 47.6 Å². The number of hydrogen-bond acceptors (Lipinski definition) is 3. The van der Waals surface area contributed by atoms with Crippen LogP contribution in [-0.4, -0.2) is 23.8 Å². The summed E-state index contributed by atoms with van der Waals surface area (Å²) >= 11 is 0. The maximum Gasteiger partial charge on any atom is 0.264 e. The van der Waals surface area contributed by atoms with Gasteiger partial charge in [-0.15, -0.1) is 0 Å². The summed E-state index contributed by atoms with van der Waals surface area (Å²) in [5.41, 5.74) is 1.18. The van der Waals surface area contributed by atoms with Gasteiger partial charge in [0, 0.05) is 11.6 Å². The number of hydrogen-bond donors (Lipinski definition) is 0. The molecule has 0 saturated heterocycles. The zero-order valence-corrected chi connectivity index (χ0v) is 13.2. The van der Waals surface area contributed by atoms with Crippen molar-refractivity contribution in [1.82, 2.24) is 4.48 Å². The first-order chi connectivity index (χ1) is 9.02. The number of carboxylic acid groups (broad SMARTS) is 1. The van der Waals surface area contributed by atoms with Crippen LogP contribution in [0, 0.1) is 0 Å². The third-order valence-corrected chi connectivity index (χ3v) is 4.20. The zero-order valence-electron chi connectivity index (χ0n) is 13.2. The van der Waals surface area contributed by atoms with Gasteiger partial charge in [-0.25, -0.2) is 4.48 Å². The largest absolute Gasteiger partial charge is 0.498 e. The van der Waals surface area contributed by atoms with E-state index in [1.54, 1.807) is 0 Å². The first-order valence-corrected chi connectivity index (χ1v) is 6.99. The highest BCUT2D eigenvalue weighted by Gasteiger charge is 2.54. The molecular weight excluding hydrogens is 252 g/mol. The Morgan fingerprint density at radius 1 is 1.15 bits per heavy atom. The van der Waals surface area contributed by atoms with Gasteiger partial charge in [0.25, 0.3) is 6.09 Å². The van der Waals surface area contributed by atoms with Crippen LogP contribution < -0.4 is 14.5 Å². The smallest absolute Gasteiger partial charge is 0.264 e. The van der Waals surface area contributed by atoms with E-state index < -0.39 is 11.6 Å². The Bertz CT molecular complexity index is 540. The second-order valence-electron chi connectivity index (χ2n) is 7.48. The predicted octanol–water partition coefficient (Wildman–Crippen LogP) is 2.71. The Morgan fingerprint density at radius 2 is 1.70 bits per heavy atom.